The van der Waals surface area contributed by atoms with E-state index < -0.39 is 0 Å². The minimum atomic E-state index is -0.113. The number of halogens is 1. The molecule has 5 heteroatoms. The van der Waals surface area contributed by atoms with Crippen molar-refractivity contribution in [2.75, 3.05) is 12.8 Å². The van der Waals surface area contributed by atoms with Crippen molar-refractivity contribution in [3.8, 4) is 5.75 Å². The van der Waals surface area contributed by atoms with Crippen molar-refractivity contribution < 1.29 is 9.53 Å². The monoisotopic (exact) mass is 276 g/mol. The average molecular weight is 277 g/mol. The van der Waals surface area contributed by atoms with Crippen LogP contribution in [-0.2, 0) is 6.42 Å². The van der Waals surface area contributed by atoms with Gasteiger partial charge in [-0.3, -0.25) is 4.79 Å². The molecule has 0 aliphatic heterocycles. The fourth-order valence-electron chi connectivity index (χ4n) is 1.70. The molecular formula is C14H13ClN2O2. The number of benzene rings is 1. The second-order valence-corrected chi connectivity index (χ2v) is 4.47. The Labute approximate surface area is 116 Å². The Morgan fingerprint density at radius 3 is 2.68 bits per heavy atom. The van der Waals surface area contributed by atoms with Gasteiger partial charge in [0.15, 0.2) is 5.78 Å². The smallest absolute Gasteiger partial charge is 0.170 e. The number of ketones is 1. The third kappa shape index (κ3) is 3.23. The fraction of sp³-hybridized carbons (Fsp3) is 0.143. The van der Waals surface area contributed by atoms with E-state index in [9.17, 15) is 4.79 Å². The Kier molecular flexibility index (Phi) is 4.02. The highest BCUT2D eigenvalue weighted by atomic mass is 35.5. The van der Waals surface area contributed by atoms with Gasteiger partial charge in [0.05, 0.1) is 17.7 Å². The molecule has 0 radical (unpaired) electrons. The number of nitrogen functional groups attached to an aromatic ring is 1. The van der Waals surface area contributed by atoms with Crippen LogP contribution in [0.4, 0.5) is 5.82 Å². The number of Topliss-reactive ketones (excluding diaryl/α,β-unsaturated/α-hetero) is 1. The zero-order valence-electron chi connectivity index (χ0n) is 10.4. The zero-order chi connectivity index (χ0) is 13.8. The highest BCUT2D eigenvalue weighted by molar-refractivity contribution is 6.31. The van der Waals surface area contributed by atoms with Crippen LogP contribution in [0, 0.1) is 0 Å². The summed E-state index contributed by atoms with van der Waals surface area (Å²) in [6.45, 7) is 0. The Balaban J connectivity index is 2.18. The van der Waals surface area contributed by atoms with E-state index in [-0.39, 0.29) is 18.0 Å². The Morgan fingerprint density at radius 1 is 1.37 bits per heavy atom. The number of hydrogen-bond acceptors (Lipinski definition) is 4. The predicted octanol–water partition coefficient (Wildman–Crippen LogP) is 2.75. The maximum Gasteiger partial charge on any atom is 0.170 e. The highest BCUT2D eigenvalue weighted by Crippen LogP contribution is 2.18. The molecule has 2 N–H and O–H groups in total. The van der Waals surface area contributed by atoms with Gasteiger partial charge in [0.25, 0.3) is 0 Å². The van der Waals surface area contributed by atoms with E-state index in [1.165, 1.54) is 12.3 Å². The number of carbonyl (C=O) groups excluding carboxylic acids is 1. The van der Waals surface area contributed by atoms with Gasteiger partial charge in [0.2, 0.25) is 0 Å². The van der Waals surface area contributed by atoms with Crippen molar-refractivity contribution in [1.29, 1.82) is 0 Å². The number of rotatable bonds is 4. The first-order chi connectivity index (χ1) is 9.10. The maximum atomic E-state index is 12.1. The molecule has 0 bridgehead atoms. The minimum absolute atomic E-state index is 0.113. The Bertz CT molecular complexity index is 597. The van der Waals surface area contributed by atoms with Crippen molar-refractivity contribution in [3.05, 3.63) is 52.7 Å². The van der Waals surface area contributed by atoms with E-state index in [0.717, 1.165) is 11.3 Å². The van der Waals surface area contributed by atoms with Crippen LogP contribution >= 0.6 is 11.6 Å². The van der Waals surface area contributed by atoms with Gasteiger partial charge < -0.3 is 10.5 Å². The van der Waals surface area contributed by atoms with Crippen molar-refractivity contribution in [1.82, 2.24) is 4.98 Å². The average Bonchev–Trinajstić information content (AvgIpc) is 2.42. The molecule has 1 aromatic carbocycles. The molecule has 0 spiro atoms. The molecule has 98 valence electrons. The molecule has 0 aliphatic carbocycles. The van der Waals surface area contributed by atoms with Crippen molar-refractivity contribution in [2.24, 2.45) is 0 Å². The summed E-state index contributed by atoms with van der Waals surface area (Å²) in [4.78, 5) is 16.0. The molecule has 2 rings (SSSR count). The SMILES string of the molecule is COc1ccc(CC(=O)c2cc(Cl)cnc2N)cc1. The summed E-state index contributed by atoms with van der Waals surface area (Å²) in [5.41, 5.74) is 6.91. The number of pyridine rings is 1. The van der Waals surface area contributed by atoms with Crippen LogP contribution < -0.4 is 10.5 Å². The van der Waals surface area contributed by atoms with Gasteiger partial charge >= 0.3 is 0 Å². The quantitative estimate of drug-likeness (QED) is 0.872. The lowest BCUT2D eigenvalue weighted by Crippen LogP contribution is -2.08. The molecule has 0 aliphatic rings. The summed E-state index contributed by atoms with van der Waals surface area (Å²) < 4.78 is 5.06. The molecule has 0 fully saturated rings. The summed E-state index contributed by atoms with van der Waals surface area (Å²) in [6, 6.07) is 8.83. The van der Waals surface area contributed by atoms with Gasteiger partial charge in [-0.25, -0.2) is 4.98 Å². The van der Waals surface area contributed by atoms with Crippen molar-refractivity contribution in [3.63, 3.8) is 0 Å². The van der Waals surface area contributed by atoms with Gasteiger partial charge in [-0.1, -0.05) is 23.7 Å². The molecule has 0 atom stereocenters. The first-order valence-corrected chi connectivity index (χ1v) is 6.05. The molecule has 1 heterocycles. The molecular weight excluding hydrogens is 264 g/mol. The fourth-order valence-corrected chi connectivity index (χ4v) is 1.86. The van der Waals surface area contributed by atoms with Crippen LogP contribution in [0.5, 0.6) is 5.75 Å². The highest BCUT2D eigenvalue weighted by Gasteiger charge is 2.12. The number of nitrogens with two attached hydrogens (primary N) is 1. The van der Waals surface area contributed by atoms with E-state index >= 15 is 0 Å². The van der Waals surface area contributed by atoms with E-state index in [4.69, 9.17) is 22.1 Å². The molecule has 0 saturated heterocycles. The molecule has 0 saturated carbocycles. The third-order valence-electron chi connectivity index (χ3n) is 2.71. The lowest BCUT2D eigenvalue weighted by Gasteiger charge is -2.05. The van der Waals surface area contributed by atoms with Crippen LogP contribution in [-0.4, -0.2) is 17.9 Å². The second-order valence-electron chi connectivity index (χ2n) is 4.03. The molecule has 2 aromatic rings. The lowest BCUT2D eigenvalue weighted by atomic mass is 10.0. The van der Waals surface area contributed by atoms with Gasteiger partial charge in [0, 0.05) is 12.6 Å². The van der Waals surface area contributed by atoms with Crippen molar-refractivity contribution in [2.45, 2.75) is 6.42 Å². The minimum Gasteiger partial charge on any atom is -0.497 e. The van der Waals surface area contributed by atoms with E-state index in [2.05, 4.69) is 4.98 Å². The van der Waals surface area contributed by atoms with Crippen molar-refractivity contribution >= 4 is 23.2 Å². The number of ether oxygens (including phenoxy) is 1. The van der Waals surface area contributed by atoms with Crippen LogP contribution in [0.2, 0.25) is 5.02 Å². The van der Waals surface area contributed by atoms with Crippen LogP contribution in [0.3, 0.4) is 0 Å². The lowest BCUT2D eigenvalue weighted by molar-refractivity contribution is 0.0993. The maximum absolute atomic E-state index is 12.1. The van der Waals surface area contributed by atoms with Gasteiger partial charge in [-0.15, -0.1) is 0 Å². The summed E-state index contributed by atoms with van der Waals surface area (Å²) in [7, 11) is 1.60. The van der Waals surface area contributed by atoms with Gasteiger partial charge in [-0.2, -0.15) is 0 Å². The summed E-state index contributed by atoms with van der Waals surface area (Å²) >= 11 is 5.82. The molecule has 0 unspecified atom stereocenters. The first-order valence-electron chi connectivity index (χ1n) is 5.67. The molecule has 19 heavy (non-hydrogen) atoms. The van der Waals surface area contributed by atoms with E-state index in [1.54, 1.807) is 7.11 Å². The molecule has 1 aromatic heterocycles. The van der Waals surface area contributed by atoms with Crippen LogP contribution in [0.25, 0.3) is 0 Å². The summed E-state index contributed by atoms with van der Waals surface area (Å²) in [5, 5.41) is 0.396. The standard InChI is InChI=1S/C14H13ClN2O2/c1-19-11-4-2-9(3-5-11)6-13(18)12-7-10(15)8-17-14(12)16/h2-5,7-8H,6H2,1H3,(H2,16,17). The number of methoxy groups -OCH3 is 1. The third-order valence-corrected chi connectivity index (χ3v) is 2.92. The normalized spacial score (nSPS) is 10.2. The Morgan fingerprint density at radius 2 is 2.05 bits per heavy atom. The van der Waals surface area contributed by atoms with Crippen LogP contribution in [0.15, 0.2) is 36.5 Å². The largest absolute Gasteiger partial charge is 0.497 e. The molecule has 4 nitrogen and oxygen atoms in total. The second kappa shape index (κ2) is 5.71. The molecule has 0 amide bonds. The van der Waals surface area contributed by atoms with Gasteiger partial charge in [-0.05, 0) is 23.8 Å². The summed E-state index contributed by atoms with van der Waals surface area (Å²) in [5.74, 6) is 0.834. The van der Waals surface area contributed by atoms with E-state index in [1.807, 2.05) is 24.3 Å². The Hall–Kier alpha value is -2.07. The number of anilines is 1. The topological polar surface area (TPSA) is 65.2 Å². The summed E-state index contributed by atoms with van der Waals surface area (Å²) in [6.07, 6.45) is 1.66. The zero-order valence-corrected chi connectivity index (χ0v) is 11.1. The van der Waals surface area contributed by atoms with E-state index in [0.29, 0.717) is 10.6 Å². The number of nitrogens with zero attached hydrogens (tertiary/aromatic N) is 1. The van der Waals surface area contributed by atoms with Gasteiger partial charge in [0.1, 0.15) is 11.6 Å². The van der Waals surface area contributed by atoms with Crippen LogP contribution in [0.1, 0.15) is 15.9 Å². The predicted molar refractivity (Wildman–Crippen MR) is 74.7 cm³/mol. The number of aromatic nitrogens is 1. The number of hydrogen-bond donors (Lipinski definition) is 1. The first kappa shape index (κ1) is 13.4. The number of carbonyl (C=O) groups is 1.